The monoisotopic (exact) mass is 654 g/mol. The SMILES string of the molecule is C=CCCl.CC1(C)c2cccc(P(c3ccccc3)c3ccccc3)c2Oc2c(P(c3ccccc3)c3ccccc3)cccc21. The Labute approximate surface area is 281 Å². The number of benzene rings is 6. The van der Waals surface area contributed by atoms with Crippen LogP contribution in [0.4, 0.5) is 0 Å². The van der Waals surface area contributed by atoms with E-state index in [1.54, 1.807) is 6.08 Å². The Morgan fingerprint density at radius 1 is 0.522 bits per heavy atom. The van der Waals surface area contributed by atoms with Gasteiger partial charge in [0.2, 0.25) is 0 Å². The Hall–Kier alpha value is -3.99. The Kier molecular flexibility index (Phi) is 10.2. The van der Waals surface area contributed by atoms with Crippen LogP contribution in [0.15, 0.2) is 170 Å². The second-order valence-electron chi connectivity index (χ2n) is 11.5. The molecule has 0 amide bonds. The van der Waals surface area contributed by atoms with Crippen molar-refractivity contribution in [3.63, 3.8) is 0 Å². The molecular weight excluding hydrogens is 618 g/mol. The van der Waals surface area contributed by atoms with E-state index in [0.717, 1.165) is 11.5 Å². The summed E-state index contributed by atoms with van der Waals surface area (Å²) in [7, 11) is -1.65. The van der Waals surface area contributed by atoms with Crippen LogP contribution in [0, 0.1) is 0 Å². The molecule has 7 rings (SSSR count). The van der Waals surface area contributed by atoms with Gasteiger partial charge in [-0.1, -0.05) is 178 Å². The molecule has 0 radical (unpaired) electrons. The average molecular weight is 655 g/mol. The topological polar surface area (TPSA) is 9.23 Å². The number of alkyl halides is 1. The molecule has 6 aromatic rings. The molecule has 46 heavy (non-hydrogen) atoms. The normalized spacial score (nSPS) is 12.7. The number of rotatable bonds is 7. The van der Waals surface area contributed by atoms with Crippen molar-refractivity contribution >= 4 is 59.3 Å². The second kappa shape index (κ2) is 14.6. The zero-order valence-electron chi connectivity index (χ0n) is 26.2. The summed E-state index contributed by atoms with van der Waals surface area (Å²) in [5.74, 6) is 2.58. The van der Waals surface area contributed by atoms with Crippen LogP contribution in [0.1, 0.15) is 25.0 Å². The van der Waals surface area contributed by atoms with E-state index >= 15 is 0 Å². The third-order valence-corrected chi connectivity index (χ3v) is 13.3. The minimum Gasteiger partial charge on any atom is -0.455 e. The molecule has 0 aromatic heterocycles. The number of para-hydroxylation sites is 2. The van der Waals surface area contributed by atoms with Gasteiger partial charge >= 0.3 is 0 Å². The van der Waals surface area contributed by atoms with Gasteiger partial charge < -0.3 is 4.74 Å². The Bertz CT molecular complexity index is 1680. The van der Waals surface area contributed by atoms with E-state index in [1.165, 1.54) is 43.0 Å². The fraction of sp³-hybridized carbons (Fsp3) is 0.0952. The van der Waals surface area contributed by atoms with Gasteiger partial charge in [0.05, 0.1) is 0 Å². The first-order chi connectivity index (χ1) is 22.5. The maximum absolute atomic E-state index is 7.26. The molecular formula is C42H37ClOP2. The summed E-state index contributed by atoms with van der Waals surface area (Å²) in [5, 5.41) is 7.81. The lowest BCUT2D eigenvalue weighted by molar-refractivity contribution is 0.425. The number of hydrogen-bond acceptors (Lipinski definition) is 1. The molecule has 0 spiro atoms. The molecule has 1 heterocycles. The second-order valence-corrected chi connectivity index (χ2v) is 16.2. The fourth-order valence-corrected chi connectivity index (χ4v) is 10.8. The Morgan fingerprint density at radius 2 is 0.826 bits per heavy atom. The van der Waals surface area contributed by atoms with Gasteiger partial charge in [-0.2, -0.15) is 0 Å². The van der Waals surface area contributed by atoms with Gasteiger partial charge in [0.25, 0.3) is 0 Å². The maximum atomic E-state index is 7.26. The van der Waals surface area contributed by atoms with E-state index in [-0.39, 0.29) is 5.41 Å². The zero-order chi connectivity index (χ0) is 31.9. The van der Waals surface area contributed by atoms with Crippen LogP contribution in [0.25, 0.3) is 0 Å². The van der Waals surface area contributed by atoms with Gasteiger partial charge in [0.15, 0.2) is 0 Å². The van der Waals surface area contributed by atoms with E-state index in [9.17, 15) is 0 Å². The molecule has 0 fully saturated rings. The van der Waals surface area contributed by atoms with Crippen LogP contribution in [0.2, 0.25) is 0 Å². The molecule has 1 aliphatic heterocycles. The van der Waals surface area contributed by atoms with Crippen LogP contribution in [0.3, 0.4) is 0 Å². The Balaban J connectivity index is 0.000000879. The quantitative estimate of drug-likeness (QED) is 0.0948. The summed E-state index contributed by atoms with van der Waals surface area (Å²) in [6.45, 7) is 8.04. The first kappa shape index (κ1) is 32.0. The molecule has 228 valence electrons. The number of hydrogen-bond donors (Lipinski definition) is 0. The van der Waals surface area contributed by atoms with E-state index in [4.69, 9.17) is 16.3 Å². The van der Waals surface area contributed by atoms with E-state index in [1.807, 2.05) is 0 Å². The molecule has 1 nitrogen and oxygen atoms in total. The van der Waals surface area contributed by atoms with Crippen molar-refractivity contribution in [2.75, 3.05) is 5.88 Å². The minimum atomic E-state index is -0.824. The van der Waals surface area contributed by atoms with Crippen molar-refractivity contribution in [1.29, 1.82) is 0 Å². The van der Waals surface area contributed by atoms with E-state index in [2.05, 4.69) is 178 Å². The lowest BCUT2D eigenvalue weighted by atomic mass is 9.76. The van der Waals surface area contributed by atoms with Gasteiger partial charge in [-0.3, -0.25) is 0 Å². The highest BCUT2D eigenvalue weighted by Gasteiger charge is 2.39. The lowest BCUT2D eigenvalue weighted by Crippen LogP contribution is -2.32. The highest BCUT2D eigenvalue weighted by atomic mass is 35.5. The maximum Gasteiger partial charge on any atom is 0.139 e. The highest BCUT2D eigenvalue weighted by molar-refractivity contribution is 7.80. The Morgan fingerprint density at radius 3 is 1.11 bits per heavy atom. The first-order valence-corrected chi connectivity index (χ1v) is 18.7. The summed E-state index contributed by atoms with van der Waals surface area (Å²) in [6, 6.07) is 57.2. The predicted molar refractivity (Wildman–Crippen MR) is 203 cm³/mol. The summed E-state index contributed by atoms with van der Waals surface area (Å²) in [4.78, 5) is 0. The average Bonchev–Trinajstić information content (AvgIpc) is 3.11. The van der Waals surface area contributed by atoms with Crippen LogP contribution in [-0.4, -0.2) is 5.88 Å². The molecule has 0 atom stereocenters. The van der Waals surface area contributed by atoms with Crippen LogP contribution in [0.5, 0.6) is 11.5 Å². The number of allylic oxidation sites excluding steroid dienone is 1. The molecule has 0 aliphatic carbocycles. The smallest absolute Gasteiger partial charge is 0.139 e. The van der Waals surface area contributed by atoms with Crippen molar-refractivity contribution in [3.05, 3.63) is 182 Å². The summed E-state index contributed by atoms with van der Waals surface area (Å²) < 4.78 is 7.26. The van der Waals surface area contributed by atoms with E-state index < -0.39 is 15.8 Å². The van der Waals surface area contributed by atoms with Crippen molar-refractivity contribution < 1.29 is 4.74 Å². The van der Waals surface area contributed by atoms with E-state index in [0.29, 0.717) is 5.88 Å². The minimum absolute atomic E-state index is 0.225. The highest BCUT2D eigenvalue weighted by Crippen LogP contribution is 2.52. The van der Waals surface area contributed by atoms with Gasteiger partial charge in [0.1, 0.15) is 11.5 Å². The summed E-state index contributed by atoms with van der Waals surface area (Å²) >= 11 is 5.07. The predicted octanol–water partition coefficient (Wildman–Crippen LogP) is 9.05. The molecule has 0 saturated heterocycles. The number of fused-ring (bicyclic) bond motifs is 2. The largest absolute Gasteiger partial charge is 0.455 e. The molecule has 1 aliphatic rings. The van der Waals surface area contributed by atoms with Gasteiger partial charge in [-0.05, 0) is 37.1 Å². The summed E-state index contributed by atoms with van der Waals surface area (Å²) in [5.41, 5.74) is 2.26. The van der Waals surface area contributed by atoms with Gasteiger partial charge in [-0.25, -0.2) is 0 Å². The molecule has 0 saturated carbocycles. The van der Waals surface area contributed by atoms with Crippen LogP contribution in [-0.2, 0) is 5.41 Å². The van der Waals surface area contributed by atoms with Crippen LogP contribution < -0.4 is 36.6 Å². The zero-order valence-corrected chi connectivity index (χ0v) is 28.7. The van der Waals surface area contributed by atoms with Gasteiger partial charge in [-0.15, -0.1) is 18.2 Å². The lowest BCUT2D eigenvalue weighted by Gasteiger charge is -2.38. The summed E-state index contributed by atoms with van der Waals surface area (Å²) in [6.07, 6.45) is 1.64. The molecule has 4 heteroatoms. The first-order valence-electron chi connectivity index (χ1n) is 15.5. The standard InChI is InChI=1S/C39H32OP2.C3H5Cl/c1-39(2)33-25-15-27-35(41(29-17-7-3-8-18-29)30-19-9-4-10-20-30)37(33)40-38-34(39)26-16-28-36(38)42(31-21-11-5-12-22-31)32-23-13-6-14-24-32;1-2-3-4/h3-28H,1-2H3;2H,1,3H2. The third-order valence-electron chi connectivity index (χ3n) is 8.19. The molecule has 0 unspecified atom stereocenters. The van der Waals surface area contributed by atoms with Crippen LogP contribution >= 0.6 is 27.4 Å². The molecule has 0 bridgehead atoms. The molecule has 0 N–H and O–H groups in total. The van der Waals surface area contributed by atoms with Crippen molar-refractivity contribution in [2.45, 2.75) is 19.3 Å². The number of halogens is 1. The van der Waals surface area contributed by atoms with Crippen molar-refractivity contribution in [2.24, 2.45) is 0 Å². The van der Waals surface area contributed by atoms with Crippen molar-refractivity contribution in [1.82, 2.24) is 0 Å². The fourth-order valence-electron chi connectivity index (χ4n) is 6.01. The van der Waals surface area contributed by atoms with Gasteiger partial charge in [0, 0.05) is 33.0 Å². The van der Waals surface area contributed by atoms with Crippen molar-refractivity contribution in [3.8, 4) is 11.5 Å². The number of ether oxygens (including phenoxy) is 1. The molecule has 6 aromatic carbocycles. The third kappa shape index (κ3) is 6.47.